The van der Waals surface area contributed by atoms with E-state index in [9.17, 15) is 5.11 Å². The summed E-state index contributed by atoms with van der Waals surface area (Å²) in [6, 6.07) is 10.4. The fraction of sp³-hybridized carbons (Fsp3) is 0.500. The van der Waals surface area contributed by atoms with Crippen molar-refractivity contribution in [3.63, 3.8) is 0 Å². The number of imidazole rings is 1. The van der Waals surface area contributed by atoms with E-state index in [2.05, 4.69) is 21.4 Å². The zero-order valence-electron chi connectivity index (χ0n) is 13.2. The van der Waals surface area contributed by atoms with Gasteiger partial charge >= 0.3 is 0 Å². The lowest BCUT2D eigenvalue weighted by atomic mass is 10.0. The molecule has 2 unspecified atom stereocenters. The maximum Gasteiger partial charge on any atom is 0.122 e. The molecule has 0 amide bonds. The van der Waals surface area contributed by atoms with E-state index in [1.54, 1.807) is 0 Å². The van der Waals surface area contributed by atoms with Crippen LogP contribution in [0, 0.1) is 0 Å². The van der Waals surface area contributed by atoms with Gasteiger partial charge in [0.2, 0.25) is 0 Å². The summed E-state index contributed by atoms with van der Waals surface area (Å²) in [6.45, 7) is 5.09. The number of hydrogen-bond acceptors (Lipinski definition) is 3. The zero-order chi connectivity index (χ0) is 15.4. The van der Waals surface area contributed by atoms with Gasteiger partial charge in [-0.1, -0.05) is 30.3 Å². The van der Waals surface area contributed by atoms with E-state index in [-0.39, 0.29) is 6.10 Å². The van der Waals surface area contributed by atoms with Crippen molar-refractivity contribution in [2.45, 2.75) is 51.4 Å². The average Bonchev–Trinajstić information content (AvgIpc) is 3.18. The first kappa shape index (κ1) is 15.3. The van der Waals surface area contributed by atoms with E-state index in [0.717, 1.165) is 43.9 Å². The summed E-state index contributed by atoms with van der Waals surface area (Å²) in [7, 11) is 0. The second-order valence-corrected chi connectivity index (χ2v) is 6.06. The van der Waals surface area contributed by atoms with Crippen molar-refractivity contribution in [1.82, 2.24) is 14.5 Å². The summed E-state index contributed by atoms with van der Waals surface area (Å²) in [5.74, 6) is 1.13. The topological polar surface area (TPSA) is 41.3 Å². The molecule has 0 aliphatic carbocycles. The summed E-state index contributed by atoms with van der Waals surface area (Å²) < 4.78 is 2.20. The Morgan fingerprint density at radius 3 is 2.91 bits per heavy atom. The van der Waals surface area contributed by atoms with Crippen molar-refractivity contribution in [2.24, 2.45) is 0 Å². The van der Waals surface area contributed by atoms with Gasteiger partial charge in [-0.3, -0.25) is 4.90 Å². The van der Waals surface area contributed by atoms with Gasteiger partial charge in [-0.15, -0.1) is 0 Å². The zero-order valence-corrected chi connectivity index (χ0v) is 13.2. The third-order valence-corrected chi connectivity index (χ3v) is 4.67. The van der Waals surface area contributed by atoms with E-state index in [4.69, 9.17) is 0 Å². The average molecular weight is 299 g/mol. The van der Waals surface area contributed by atoms with Gasteiger partial charge in [0.25, 0.3) is 0 Å². The molecule has 1 N–H and O–H groups in total. The van der Waals surface area contributed by atoms with Crippen LogP contribution in [0.2, 0.25) is 0 Å². The maximum atomic E-state index is 10.5. The minimum absolute atomic E-state index is 0.377. The van der Waals surface area contributed by atoms with Crippen molar-refractivity contribution in [1.29, 1.82) is 0 Å². The van der Waals surface area contributed by atoms with Gasteiger partial charge < -0.3 is 9.67 Å². The molecule has 1 saturated heterocycles. The minimum atomic E-state index is -0.377. The predicted molar refractivity (Wildman–Crippen MR) is 87.4 cm³/mol. The number of benzene rings is 1. The number of hydrogen-bond donors (Lipinski definition) is 1. The molecular weight excluding hydrogens is 274 g/mol. The standard InChI is InChI=1S/C18H25N3O/c1-2-20-12-10-19-18(20)14-21-11-6-9-16(21)13-17(22)15-7-4-3-5-8-15/h3-5,7-8,10,12,16-17,22H,2,6,9,11,13-14H2,1H3. The number of rotatable bonds is 6. The van der Waals surface area contributed by atoms with Gasteiger partial charge in [0.05, 0.1) is 12.6 Å². The lowest BCUT2D eigenvalue weighted by Gasteiger charge is -2.26. The van der Waals surface area contributed by atoms with Crippen LogP contribution in [0.5, 0.6) is 0 Å². The van der Waals surface area contributed by atoms with Gasteiger partial charge in [0.15, 0.2) is 0 Å². The van der Waals surface area contributed by atoms with Crippen LogP contribution in [0.1, 0.15) is 43.7 Å². The van der Waals surface area contributed by atoms with E-state index < -0.39 is 0 Å². The SMILES string of the molecule is CCn1ccnc1CN1CCCC1CC(O)c1ccccc1. The third-order valence-electron chi connectivity index (χ3n) is 4.67. The predicted octanol–water partition coefficient (Wildman–Crippen LogP) is 2.99. The van der Waals surface area contributed by atoms with Crippen LogP contribution in [0.15, 0.2) is 42.7 Å². The molecule has 118 valence electrons. The van der Waals surface area contributed by atoms with Crippen molar-refractivity contribution in [2.75, 3.05) is 6.54 Å². The quantitative estimate of drug-likeness (QED) is 0.891. The number of aliphatic hydroxyl groups is 1. The Balaban J connectivity index is 1.63. The van der Waals surface area contributed by atoms with Crippen molar-refractivity contribution >= 4 is 0 Å². The van der Waals surface area contributed by atoms with Crippen LogP contribution in [0.4, 0.5) is 0 Å². The minimum Gasteiger partial charge on any atom is -0.388 e. The maximum absolute atomic E-state index is 10.5. The first-order chi connectivity index (χ1) is 10.8. The molecular formula is C18H25N3O. The number of aryl methyl sites for hydroxylation is 1. The summed E-state index contributed by atoms with van der Waals surface area (Å²) >= 11 is 0. The lowest BCUT2D eigenvalue weighted by molar-refractivity contribution is 0.116. The largest absolute Gasteiger partial charge is 0.388 e. The molecule has 1 fully saturated rings. The Morgan fingerprint density at radius 1 is 1.32 bits per heavy atom. The normalized spacial score (nSPS) is 20.4. The van der Waals surface area contributed by atoms with Gasteiger partial charge in [-0.05, 0) is 38.3 Å². The lowest BCUT2D eigenvalue weighted by Crippen LogP contribution is -2.31. The number of nitrogens with zero attached hydrogens (tertiary/aromatic N) is 3. The molecule has 0 bridgehead atoms. The molecule has 4 heteroatoms. The fourth-order valence-electron chi connectivity index (χ4n) is 3.40. The Morgan fingerprint density at radius 2 is 2.14 bits per heavy atom. The highest BCUT2D eigenvalue weighted by Gasteiger charge is 2.28. The summed E-state index contributed by atoms with van der Waals surface area (Å²) in [4.78, 5) is 6.95. The number of likely N-dealkylation sites (tertiary alicyclic amines) is 1. The van der Waals surface area contributed by atoms with Gasteiger partial charge in [-0.25, -0.2) is 4.98 Å². The highest BCUT2D eigenvalue weighted by Crippen LogP contribution is 2.28. The van der Waals surface area contributed by atoms with Crippen molar-refractivity contribution in [3.8, 4) is 0 Å². The third kappa shape index (κ3) is 3.39. The molecule has 0 spiro atoms. The summed E-state index contributed by atoms with van der Waals surface area (Å²) in [5, 5.41) is 10.5. The Labute approximate surface area is 132 Å². The molecule has 1 aliphatic heterocycles. The highest BCUT2D eigenvalue weighted by atomic mass is 16.3. The van der Waals surface area contributed by atoms with Crippen LogP contribution >= 0.6 is 0 Å². The monoisotopic (exact) mass is 299 g/mol. The van der Waals surface area contributed by atoms with E-state index in [0.29, 0.717) is 6.04 Å². The molecule has 2 atom stereocenters. The number of aliphatic hydroxyl groups excluding tert-OH is 1. The molecule has 2 aromatic rings. The highest BCUT2D eigenvalue weighted by molar-refractivity contribution is 5.17. The Hall–Kier alpha value is -1.65. The number of aromatic nitrogens is 2. The van der Waals surface area contributed by atoms with Crippen LogP contribution < -0.4 is 0 Å². The molecule has 2 heterocycles. The van der Waals surface area contributed by atoms with E-state index in [1.165, 1.54) is 6.42 Å². The van der Waals surface area contributed by atoms with Crippen molar-refractivity contribution < 1.29 is 5.11 Å². The van der Waals surface area contributed by atoms with Crippen LogP contribution in [0.3, 0.4) is 0 Å². The first-order valence-corrected chi connectivity index (χ1v) is 8.25. The molecule has 22 heavy (non-hydrogen) atoms. The molecule has 1 aliphatic rings. The smallest absolute Gasteiger partial charge is 0.122 e. The molecule has 1 aromatic heterocycles. The second kappa shape index (κ2) is 7.07. The molecule has 4 nitrogen and oxygen atoms in total. The van der Waals surface area contributed by atoms with Crippen molar-refractivity contribution in [3.05, 3.63) is 54.1 Å². The Bertz CT molecular complexity index is 581. The van der Waals surface area contributed by atoms with Gasteiger partial charge in [-0.2, -0.15) is 0 Å². The van der Waals surface area contributed by atoms with Gasteiger partial charge in [0.1, 0.15) is 5.82 Å². The molecule has 0 saturated carbocycles. The van der Waals surface area contributed by atoms with E-state index >= 15 is 0 Å². The molecule has 1 aromatic carbocycles. The van der Waals surface area contributed by atoms with Gasteiger partial charge in [0, 0.05) is 25.0 Å². The molecule has 3 rings (SSSR count). The Kier molecular flexibility index (Phi) is 4.90. The summed E-state index contributed by atoms with van der Waals surface area (Å²) in [5.41, 5.74) is 1.02. The summed E-state index contributed by atoms with van der Waals surface area (Å²) in [6.07, 6.45) is 6.71. The van der Waals surface area contributed by atoms with Crippen LogP contribution in [-0.4, -0.2) is 32.1 Å². The fourth-order valence-corrected chi connectivity index (χ4v) is 3.40. The van der Waals surface area contributed by atoms with Crippen LogP contribution in [-0.2, 0) is 13.1 Å². The second-order valence-electron chi connectivity index (χ2n) is 6.06. The van der Waals surface area contributed by atoms with Crippen LogP contribution in [0.25, 0.3) is 0 Å². The molecule has 0 radical (unpaired) electrons. The first-order valence-electron chi connectivity index (χ1n) is 8.25. The van der Waals surface area contributed by atoms with E-state index in [1.807, 2.05) is 42.7 Å².